The molecule has 1 aromatic carbocycles. The van der Waals surface area contributed by atoms with Gasteiger partial charge < -0.3 is 14.2 Å². The number of hydrogen-bond acceptors (Lipinski definition) is 5. The monoisotopic (exact) mass is 399 g/mol. The van der Waals surface area contributed by atoms with E-state index in [0.29, 0.717) is 35.4 Å². The molecule has 1 aliphatic carbocycles. The molecule has 2 aromatic rings. The van der Waals surface area contributed by atoms with E-state index >= 15 is 0 Å². The fourth-order valence-corrected chi connectivity index (χ4v) is 4.14. The van der Waals surface area contributed by atoms with Gasteiger partial charge in [0.05, 0.1) is 16.6 Å². The van der Waals surface area contributed by atoms with Gasteiger partial charge in [-0.2, -0.15) is 0 Å². The zero-order chi connectivity index (χ0) is 21.0. The van der Waals surface area contributed by atoms with Gasteiger partial charge in [0.15, 0.2) is 6.61 Å². The van der Waals surface area contributed by atoms with Crippen molar-refractivity contribution in [1.29, 1.82) is 0 Å². The minimum absolute atomic E-state index is 0.136. The van der Waals surface area contributed by atoms with Crippen molar-refractivity contribution >= 4 is 22.9 Å². The van der Waals surface area contributed by atoms with Gasteiger partial charge in [-0.25, -0.2) is 9.78 Å². The molecule has 1 aliphatic rings. The average Bonchev–Trinajstić information content (AvgIpc) is 2.74. The molecule has 0 aliphatic heterocycles. The lowest BCUT2D eigenvalue weighted by Gasteiger charge is -2.33. The van der Waals surface area contributed by atoms with Crippen LogP contribution in [0, 0.1) is 6.92 Å². The fourth-order valence-electron chi connectivity index (χ4n) is 4.14. The molecule has 0 bridgehead atoms. The van der Waals surface area contributed by atoms with Gasteiger partial charge in [-0.3, -0.25) is 9.59 Å². The second-order valence-electron chi connectivity index (χ2n) is 7.50. The highest BCUT2D eigenvalue weighted by molar-refractivity contribution is 5.94. The van der Waals surface area contributed by atoms with Gasteiger partial charge in [-0.05, 0) is 51.8 Å². The van der Waals surface area contributed by atoms with E-state index in [1.807, 2.05) is 18.7 Å². The molecule has 3 rings (SSSR count). The maximum Gasteiger partial charge on any atom is 0.338 e. The highest BCUT2D eigenvalue weighted by Crippen LogP contribution is 2.22. The van der Waals surface area contributed by atoms with Crippen LogP contribution in [-0.2, 0) is 16.1 Å². The first-order valence-electron chi connectivity index (χ1n) is 10.4. The van der Waals surface area contributed by atoms with Crippen LogP contribution in [0.2, 0.25) is 0 Å². The lowest BCUT2D eigenvalue weighted by Crippen LogP contribution is -2.43. The maximum absolute atomic E-state index is 12.6. The first-order chi connectivity index (χ1) is 14.0. The number of fused-ring (bicyclic) bond motifs is 1. The number of aryl methyl sites for hydroxylation is 2. The molecule has 1 saturated carbocycles. The molecule has 1 heterocycles. The Balaban J connectivity index is 1.71. The van der Waals surface area contributed by atoms with Crippen LogP contribution in [0.1, 0.15) is 62.0 Å². The molecule has 1 amide bonds. The average molecular weight is 399 g/mol. The Morgan fingerprint density at radius 2 is 1.93 bits per heavy atom. The number of esters is 1. The number of hydrogen-bond donors (Lipinski definition) is 0. The van der Waals surface area contributed by atoms with Gasteiger partial charge >= 0.3 is 5.97 Å². The lowest BCUT2D eigenvalue weighted by molar-refractivity contribution is -0.137. The van der Waals surface area contributed by atoms with Crippen LogP contribution in [0.15, 0.2) is 23.0 Å². The van der Waals surface area contributed by atoms with Gasteiger partial charge in [0.1, 0.15) is 5.69 Å². The molecule has 0 atom stereocenters. The largest absolute Gasteiger partial charge is 0.452 e. The summed E-state index contributed by atoms with van der Waals surface area (Å²) in [6.07, 6.45) is 5.53. The number of rotatable bonds is 6. The lowest BCUT2D eigenvalue weighted by atomic mass is 9.94. The third-order valence-electron chi connectivity index (χ3n) is 5.66. The van der Waals surface area contributed by atoms with E-state index in [2.05, 4.69) is 4.98 Å². The molecular formula is C22H29N3O4. The molecule has 1 aromatic heterocycles. The minimum atomic E-state index is -0.561. The molecule has 0 saturated heterocycles. The number of benzene rings is 1. The second kappa shape index (κ2) is 9.20. The third-order valence-corrected chi connectivity index (χ3v) is 5.66. The van der Waals surface area contributed by atoms with Crippen LogP contribution in [0.5, 0.6) is 0 Å². The zero-order valence-corrected chi connectivity index (χ0v) is 17.4. The van der Waals surface area contributed by atoms with E-state index in [1.54, 1.807) is 29.7 Å². The first-order valence-corrected chi connectivity index (χ1v) is 10.4. The van der Waals surface area contributed by atoms with Crippen LogP contribution < -0.4 is 5.56 Å². The Bertz CT molecular complexity index is 960. The van der Waals surface area contributed by atoms with Gasteiger partial charge in [0.25, 0.3) is 11.5 Å². The van der Waals surface area contributed by atoms with Gasteiger partial charge in [-0.15, -0.1) is 0 Å². The number of aromatic nitrogens is 2. The molecule has 0 spiro atoms. The van der Waals surface area contributed by atoms with Crippen molar-refractivity contribution in [3.8, 4) is 0 Å². The van der Waals surface area contributed by atoms with Crippen molar-refractivity contribution in [3.63, 3.8) is 0 Å². The molecule has 7 nitrogen and oxygen atoms in total. The predicted molar refractivity (Wildman–Crippen MR) is 111 cm³/mol. The highest BCUT2D eigenvalue weighted by Gasteiger charge is 2.25. The van der Waals surface area contributed by atoms with Crippen LogP contribution in [0.3, 0.4) is 0 Å². The quantitative estimate of drug-likeness (QED) is 0.698. The molecular weight excluding hydrogens is 370 g/mol. The van der Waals surface area contributed by atoms with Gasteiger partial charge in [-0.1, -0.05) is 19.3 Å². The van der Waals surface area contributed by atoms with E-state index in [1.165, 1.54) is 6.42 Å². The summed E-state index contributed by atoms with van der Waals surface area (Å²) in [5.41, 5.74) is 1.79. The number of carbonyl (C=O) groups is 2. The number of amides is 1. The number of nitrogens with zero attached hydrogens (tertiary/aromatic N) is 3. The molecule has 0 N–H and O–H groups in total. The summed E-state index contributed by atoms with van der Waals surface area (Å²) in [6.45, 7) is 6.38. The Kier molecular flexibility index (Phi) is 6.67. The normalized spacial score (nSPS) is 14.7. The Morgan fingerprint density at radius 3 is 2.59 bits per heavy atom. The summed E-state index contributed by atoms with van der Waals surface area (Å²) >= 11 is 0. The number of likely N-dealkylation sites (N-methyl/N-ethyl adjacent to an activating group) is 1. The Hall–Kier alpha value is -2.70. The van der Waals surface area contributed by atoms with Gasteiger partial charge in [0.2, 0.25) is 0 Å². The Labute approximate surface area is 170 Å². The van der Waals surface area contributed by atoms with Crippen LogP contribution in [-0.4, -0.2) is 45.5 Å². The van der Waals surface area contributed by atoms with E-state index < -0.39 is 5.97 Å². The van der Waals surface area contributed by atoms with Crippen molar-refractivity contribution in [1.82, 2.24) is 14.5 Å². The van der Waals surface area contributed by atoms with Crippen molar-refractivity contribution < 1.29 is 14.3 Å². The summed E-state index contributed by atoms with van der Waals surface area (Å²) in [5, 5.41) is 0. The van der Waals surface area contributed by atoms with Crippen molar-refractivity contribution in [2.24, 2.45) is 0 Å². The highest BCUT2D eigenvalue weighted by atomic mass is 16.5. The van der Waals surface area contributed by atoms with E-state index in [-0.39, 0.29) is 24.1 Å². The van der Waals surface area contributed by atoms with Crippen molar-refractivity contribution in [2.45, 2.75) is 65.5 Å². The van der Waals surface area contributed by atoms with E-state index in [9.17, 15) is 14.4 Å². The smallest absolute Gasteiger partial charge is 0.338 e. The third kappa shape index (κ3) is 4.49. The fraction of sp³-hybridized carbons (Fsp3) is 0.545. The summed E-state index contributed by atoms with van der Waals surface area (Å²) in [7, 11) is 0. The predicted octanol–water partition coefficient (Wildman–Crippen LogP) is 3.06. The number of ether oxygens (including phenoxy) is 1. The van der Waals surface area contributed by atoms with Crippen molar-refractivity contribution in [3.05, 3.63) is 39.8 Å². The Morgan fingerprint density at radius 1 is 1.21 bits per heavy atom. The SMILES string of the molecule is CCN(C(=O)COC(=O)c1ccc2c(c1)nc(C)c(=O)n2CC)C1CCCCC1. The van der Waals surface area contributed by atoms with Crippen LogP contribution in [0.25, 0.3) is 11.0 Å². The van der Waals surface area contributed by atoms with Crippen LogP contribution >= 0.6 is 0 Å². The van der Waals surface area contributed by atoms with E-state index in [4.69, 9.17) is 4.74 Å². The molecule has 1 fully saturated rings. The van der Waals surface area contributed by atoms with E-state index in [0.717, 1.165) is 25.7 Å². The summed E-state index contributed by atoms with van der Waals surface area (Å²) < 4.78 is 6.92. The summed E-state index contributed by atoms with van der Waals surface area (Å²) in [6, 6.07) is 5.17. The topological polar surface area (TPSA) is 81.5 Å². The zero-order valence-electron chi connectivity index (χ0n) is 17.4. The van der Waals surface area contributed by atoms with Crippen LogP contribution in [0.4, 0.5) is 0 Å². The number of carbonyl (C=O) groups excluding carboxylic acids is 2. The molecule has 0 unspecified atom stereocenters. The molecule has 29 heavy (non-hydrogen) atoms. The summed E-state index contributed by atoms with van der Waals surface area (Å²) in [5.74, 6) is -0.712. The second-order valence-corrected chi connectivity index (χ2v) is 7.50. The maximum atomic E-state index is 12.6. The van der Waals surface area contributed by atoms with Crippen molar-refractivity contribution in [2.75, 3.05) is 13.2 Å². The summed E-state index contributed by atoms with van der Waals surface area (Å²) in [4.78, 5) is 43.4. The minimum Gasteiger partial charge on any atom is -0.452 e. The standard InChI is InChI=1S/C22H29N3O4/c1-4-24(17-9-7-6-8-10-17)20(26)14-29-22(28)16-11-12-19-18(13-16)23-15(3)21(27)25(19)5-2/h11-13,17H,4-10,14H2,1-3H3. The molecule has 156 valence electrons. The van der Waals surface area contributed by atoms with Gasteiger partial charge in [0, 0.05) is 19.1 Å². The molecule has 0 radical (unpaired) electrons. The first kappa shape index (κ1) is 21.0. The molecule has 7 heteroatoms.